The summed E-state index contributed by atoms with van der Waals surface area (Å²) in [5.74, 6) is -2.10. The van der Waals surface area contributed by atoms with E-state index in [4.69, 9.17) is 0 Å². The highest BCUT2D eigenvalue weighted by atomic mass is 79.9. The fourth-order valence-corrected chi connectivity index (χ4v) is 2.76. The Morgan fingerprint density at radius 1 is 1.00 bits per heavy atom. The first-order chi connectivity index (χ1) is 10.3. The van der Waals surface area contributed by atoms with Crippen molar-refractivity contribution in [2.75, 3.05) is 26.2 Å². The first-order valence-electron chi connectivity index (χ1n) is 6.70. The molecule has 1 aliphatic rings. The average molecular weight is 379 g/mol. The minimum Gasteiger partial charge on any atom is -0.337 e. The summed E-state index contributed by atoms with van der Waals surface area (Å²) in [4.78, 5) is 25.9. The number of halogens is 4. The standard InChI is InChI=1S/C14H14BrF3N2O2/c15-11-5-2-1-4-10(11)12(21)19-6-3-7-20(9-8-19)13(22)14(16,17)18/h1-2,4-5H,3,6-9H2. The molecular weight excluding hydrogens is 365 g/mol. The molecule has 1 saturated heterocycles. The highest BCUT2D eigenvalue weighted by molar-refractivity contribution is 9.10. The molecule has 1 heterocycles. The molecule has 2 amide bonds. The van der Waals surface area contributed by atoms with Crippen LogP contribution in [0, 0.1) is 0 Å². The second-order valence-electron chi connectivity index (χ2n) is 4.92. The van der Waals surface area contributed by atoms with E-state index in [1.54, 1.807) is 24.3 Å². The molecule has 120 valence electrons. The van der Waals surface area contributed by atoms with Gasteiger partial charge in [0, 0.05) is 30.7 Å². The molecule has 0 bridgehead atoms. The third-order valence-electron chi connectivity index (χ3n) is 3.42. The molecule has 4 nitrogen and oxygen atoms in total. The van der Waals surface area contributed by atoms with Gasteiger partial charge in [-0.1, -0.05) is 12.1 Å². The molecule has 1 aliphatic heterocycles. The maximum atomic E-state index is 12.5. The van der Waals surface area contributed by atoms with Crippen LogP contribution in [0.15, 0.2) is 28.7 Å². The number of alkyl halides is 3. The molecule has 22 heavy (non-hydrogen) atoms. The Hall–Kier alpha value is -1.57. The lowest BCUT2D eigenvalue weighted by molar-refractivity contribution is -0.185. The molecule has 0 radical (unpaired) electrons. The summed E-state index contributed by atoms with van der Waals surface area (Å²) in [7, 11) is 0. The van der Waals surface area contributed by atoms with Crippen molar-refractivity contribution < 1.29 is 22.8 Å². The molecule has 0 unspecified atom stereocenters. The Labute approximate surface area is 134 Å². The van der Waals surface area contributed by atoms with E-state index in [1.807, 2.05) is 0 Å². The SMILES string of the molecule is O=C(c1ccccc1Br)N1CCCN(C(=O)C(F)(F)F)CC1. The molecule has 1 aromatic rings. The zero-order chi connectivity index (χ0) is 16.3. The highest BCUT2D eigenvalue weighted by Crippen LogP contribution is 2.21. The maximum absolute atomic E-state index is 12.5. The Kier molecular flexibility index (Phi) is 5.10. The minimum absolute atomic E-state index is 0.00190. The molecule has 0 aromatic heterocycles. The van der Waals surface area contributed by atoms with Crippen LogP contribution in [-0.2, 0) is 4.79 Å². The van der Waals surface area contributed by atoms with E-state index in [1.165, 1.54) is 4.90 Å². The Morgan fingerprint density at radius 3 is 2.23 bits per heavy atom. The van der Waals surface area contributed by atoms with Crippen LogP contribution in [0.3, 0.4) is 0 Å². The van der Waals surface area contributed by atoms with Crippen molar-refractivity contribution in [1.29, 1.82) is 0 Å². The predicted octanol–water partition coefficient (Wildman–Crippen LogP) is 2.69. The fourth-order valence-electron chi connectivity index (χ4n) is 2.31. The fraction of sp³-hybridized carbons (Fsp3) is 0.429. The summed E-state index contributed by atoms with van der Waals surface area (Å²) in [6, 6.07) is 6.86. The smallest absolute Gasteiger partial charge is 0.337 e. The summed E-state index contributed by atoms with van der Waals surface area (Å²) in [6.45, 7) is 0.288. The van der Waals surface area contributed by atoms with Crippen molar-refractivity contribution in [2.45, 2.75) is 12.6 Å². The van der Waals surface area contributed by atoms with Gasteiger partial charge in [0.2, 0.25) is 0 Å². The molecule has 0 aliphatic carbocycles. The normalized spacial score (nSPS) is 16.4. The van der Waals surface area contributed by atoms with Crippen LogP contribution in [0.25, 0.3) is 0 Å². The van der Waals surface area contributed by atoms with Gasteiger partial charge in [-0.15, -0.1) is 0 Å². The lowest BCUT2D eigenvalue weighted by Gasteiger charge is -2.23. The van der Waals surface area contributed by atoms with E-state index in [0.717, 1.165) is 4.90 Å². The molecule has 0 N–H and O–H groups in total. The van der Waals surface area contributed by atoms with Gasteiger partial charge in [-0.25, -0.2) is 0 Å². The Bertz CT molecular complexity index is 577. The van der Waals surface area contributed by atoms with Crippen LogP contribution in [0.5, 0.6) is 0 Å². The first-order valence-corrected chi connectivity index (χ1v) is 7.50. The summed E-state index contributed by atoms with van der Waals surface area (Å²) >= 11 is 3.28. The number of hydrogen-bond acceptors (Lipinski definition) is 2. The lowest BCUT2D eigenvalue weighted by atomic mass is 10.2. The van der Waals surface area contributed by atoms with E-state index in [2.05, 4.69) is 15.9 Å². The van der Waals surface area contributed by atoms with Crippen LogP contribution >= 0.6 is 15.9 Å². The summed E-state index contributed by atoms with van der Waals surface area (Å²) in [6.07, 6.45) is -4.56. The highest BCUT2D eigenvalue weighted by Gasteiger charge is 2.42. The Morgan fingerprint density at radius 2 is 1.59 bits per heavy atom. The number of nitrogens with zero attached hydrogens (tertiary/aromatic N) is 2. The van der Waals surface area contributed by atoms with Gasteiger partial charge in [0.15, 0.2) is 0 Å². The van der Waals surface area contributed by atoms with E-state index < -0.39 is 12.1 Å². The molecule has 1 aromatic carbocycles. The van der Waals surface area contributed by atoms with Crippen LogP contribution in [0.2, 0.25) is 0 Å². The van der Waals surface area contributed by atoms with Crippen molar-refractivity contribution in [3.05, 3.63) is 34.3 Å². The van der Waals surface area contributed by atoms with Crippen molar-refractivity contribution in [3.8, 4) is 0 Å². The van der Waals surface area contributed by atoms with Crippen molar-refractivity contribution in [3.63, 3.8) is 0 Å². The average Bonchev–Trinajstić information content (AvgIpc) is 2.71. The number of carbonyl (C=O) groups is 2. The number of hydrogen-bond donors (Lipinski definition) is 0. The topological polar surface area (TPSA) is 40.6 Å². The third kappa shape index (κ3) is 3.79. The van der Waals surface area contributed by atoms with Gasteiger partial charge >= 0.3 is 12.1 Å². The summed E-state index contributed by atoms with van der Waals surface area (Å²) in [5.41, 5.74) is 0.457. The largest absolute Gasteiger partial charge is 0.471 e. The number of benzene rings is 1. The number of amides is 2. The summed E-state index contributed by atoms with van der Waals surface area (Å²) in [5, 5.41) is 0. The molecular formula is C14H14BrF3N2O2. The van der Waals surface area contributed by atoms with Gasteiger partial charge in [-0.05, 0) is 34.5 Å². The van der Waals surface area contributed by atoms with Crippen molar-refractivity contribution in [1.82, 2.24) is 9.80 Å². The molecule has 8 heteroatoms. The van der Waals surface area contributed by atoms with Gasteiger partial charge in [0.05, 0.1) is 5.56 Å². The van der Waals surface area contributed by atoms with Crippen molar-refractivity contribution in [2.24, 2.45) is 0 Å². The molecule has 1 fully saturated rings. The zero-order valence-corrected chi connectivity index (χ0v) is 13.2. The molecule has 0 saturated carbocycles. The third-order valence-corrected chi connectivity index (χ3v) is 4.11. The van der Waals surface area contributed by atoms with Crippen LogP contribution in [0.1, 0.15) is 16.8 Å². The Balaban J connectivity index is 2.06. The second kappa shape index (κ2) is 6.68. The zero-order valence-electron chi connectivity index (χ0n) is 11.6. The second-order valence-corrected chi connectivity index (χ2v) is 5.77. The lowest BCUT2D eigenvalue weighted by Crippen LogP contribution is -2.43. The summed E-state index contributed by atoms with van der Waals surface area (Å²) < 4.78 is 38.0. The van der Waals surface area contributed by atoms with Crippen LogP contribution in [0.4, 0.5) is 13.2 Å². The van der Waals surface area contributed by atoms with Crippen LogP contribution < -0.4 is 0 Å². The quantitative estimate of drug-likeness (QED) is 0.753. The minimum atomic E-state index is -4.87. The molecule has 0 atom stereocenters. The molecule has 0 spiro atoms. The van der Waals surface area contributed by atoms with E-state index in [9.17, 15) is 22.8 Å². The maximum Gasteiger partial charge on any atom is 0.471 e. The van der Waals surface area contributed by atoms with E-state index >= 15 is 0 Å². The van der Waals surface area contributed by atoms with Gasteiger partial charge in [0.25, 0.3) is 5.91 Å². The van der Waals surface area contributed by atoms with Crippen molar-refractivity contribution >= 4 is 27.7 Å². The number of rotatable bonds is 1. The van der Waals surface area contributed by atoms with Gasteiger partial charge < -0.3 is 9.80 Å². The van der Waals surface area contributed by atoms with Gasteiger partial charge in [-0.2, -0.15) is 13.2 Å². The first kappa shape index (κ1) is 16.8. The van der Waals surface area contributed by atoms with Gasteiger partial charge in [0.1, 0.15) is 0 Å². The number of carbonyl (C=O) groups excluding carboxylic acids is 2. The van der Waals surface area contributed by atoms with Gasteiger partial charge in [-0.3, -0.25) is 9.59 Å². The van der Waals surface area contributed by atoms with Crippen LogP contribution in [-0.4, -0.2) is 54.0 Å². The van der Waals surface area contributed by atoms with E-state index in [0.29, 0.717) is 23.0 Å². The molecule has 2 rings (SSSR count). The predicted molar refractivity (Wildman–Crippen MR) is 77.3 cm³/mol. The van der Waals surface area contributed by atoms with E-state index in [-0.39, 0.29) is 25.5 Å². The monoisotopic (exact) mass is 378 g/mol.